The lowest BCUT2D eigenvalue weighted by Crippen LogP contribution is -1.90. The minimum absolute atomic E-state index is 0.795. The molecule has 6 aromatic rings. The van der Waals surface area contributed by atoms with Crippen molar-refractivity contribution in [2.24, 2.45) is 0 Å². The number of pyridine rings is 2. The second kappa shape index (κ2) is 10.8. The Kier molecular flexibility index (Phi) is 6.60. The molecule has 0 bridgehead atoms. The molecule has 0 aliphatic heterocycles. The van der Waals surface area contributed by atoms with Gasteiger partial charge in [0.15, 0.2) is 0 Å². The maximum Gasteiger partial charge on any atom is 0.127 e. The molecule has 0 fully saturated rings. The highest BCUT2D eigenvalue weighted by atomic mass is 16.5. The Morgan fingerprint density at radius 1 is 0.342 bits per heavy atom. The summed E-state index contributed by atoms with van der Waals surface area (Å²) in [6.07, 6.45) is 3.65. The maximum atomic E-state index is 5.92. The van der Waals surface area contributed by atoms with Gasteiger partial charge in [-0.25, -0.2) is 0 Å². The van der Waals surface area contributed by atoms with Gasteiger partial charge >= 0.3 is 0 Å². The molecule has 0 spiro atoms. The summed E-state index contributed by atoms with van der Waals surface area (Å²) in [6, 6.07) is 43.8. The van der Waals surface area contributed by atoms with Crippen LogP contribution in [-0.4, -0.2) is 9.97 Å². The van der Waals surface area contributed by atoms with Crippen molar-refractivity contribution in [2.45, 2.75) is 0 Å². The lowest BCUT2D eigenvalue weighted by atomic mass is 10.0. The molecule has 0 N–H and O–H groups in total. The Balaban J connectivity index is 1.20. The highest BCUT2D eigenvalue weighted by molar-refractivity contribution is 5.73. The number of hydrogen-bond donors (Lipinski definition) is 0. The quantitative estimate of drug-likeness (QED) is 0.223. The van der Waals surface area contributed by atoms with Crippen LogP contribution < -0.4 is 9.47 Å². The van der Waals surface area contributed by atoms with Gasteiger partial charge in [-0.15, -0.1) is 0 Å². The number of benzene rings is 4. The molecular weight excluding hydrogens is 468 g/mol. The van der Waals surface area contributed by atoms with E-state index in [9.17, 15) is 0 Å². The van der Waals surface area contributed by atoms with E-state index in [4.69, 9.17) is 9.47 Å². The zero-order chi connectivity index (χ0) is 25.6. The predicted molar refractivity (Wildman–Crippen MR) is 151 cm³/mol. The van der Waals surface area contributed by atoms with Crippen molar-refractivity contribution in [3.05, 3.63) is 146 Å². The molecule has 0 aliphatic carbocycles. The summed E-state index contributed by atoms with van der Waals surface area (Å²) in [5.41, 5.74) is 5.93. The third-order valence-electron chi connectivity index (χ3n) is 6.12. The normalized spacial score (nSPS) is 10.6. The van der Waals surface area contributed by atoms with Gasteiger partial charge in [-0.2, -0.15) is 0 Å². The number of ether oxygens (including phenoxy) is 2. The van der Waals surface area contributed by atoms with E-state index in [1.165, 1.54) is 0 Å². The van der Waals surface area contributed by atoms with Crippen molar-refractivity contribution in [1.29, 1.82) is 0 Å². The van der Waals surface area contributed by atoms with Crippen molar-refractivity contribution in [3.8, 4) is 56.6 Å². The van der Waals surface area contributed by atoms with Crippen LogP contribution in [0.15, 0.2) is 146 Å². The third kappa shape index (κ3) is 5.45. The Morgan fingerprint density at radius 2 is 0.711 bits per heavy atom. The van der Waals surface area contributed by atoms with Crippen LogP contribution in [0.25, 0.3) is 33.6 Å². The summed E-state index contributed by atoms with van der Waals surface area (Å²) < 4.78 is 11.8. The van der Waals surface area contributed by atoms with E-state index in [1.807, 2.05) is 109 Å². The SMILES string of the molecule is c1ccc(Oc2ccc(-c3ccnc(-c4cc(-c5ccc(Oc6ccccc6)cc5)ccn4)c3)cc2)cc1. The molecule has 0 radical (unpaired) electrons. The average Bonchev–Trinajstić information content (AvgIpc) is 2.99. The van der Waals surface area contributed by atoms with Gasteiger partial charge in [0.25, 0.3) is 0 Å². The first-order valence-electron chi connectivity index (χ1n) is 12.4. The van der Waals surface area contributed by atoms with Crippen LogP contribution in [-0.2, 0) is 0 Å². The van der Waals surface area contributed by atoms with Gasteiger partial charge in [-0.1, -0.05) is 60.7 Å². The molecule has 182 valence electrons. The number of nitrogens with zero attached hydrogens (tertiary/aromatic N) is 2. The van der Waals surface area contributed by atoms with Crippen molar-refractivity contribution >= 4 is 0 Å². The topological polar surface area (TPSA) is 44.2 Å². The molecule has 0 aliphatic rings. The number of hydrogen-bond acceptors (Lipinski definition) is 4. The van der Waals surface area contributed by atoms with Crippen molar-refractivity contribution < 1.29 is 9.47 Å². The van der Waals surface area contributed by atoms with Gasteiger partial charge in [-0.3, -0.25) is 9.97 Å². The van der Waals surface area contributed by atoms with Crippen LogP contribution in [0.4, 0.5) is 0 Å². The largest absolute Gasteiger partial charge is 0.457 e. The first-order valence-corrected chi connectivity index (χ1v) is 12.4. The highest BCUT2D eigenvalue weighted by Gasteiger charge is 2.08. The fourth-order valence-corrected chi connectivity index (χ4v) is 4.18. The van der Waals surface area contributed by atoms with Gasteiger partial charge in [0.1, 0.15) is 23.0 Å². The zero-order valence-electron chi connectivity index (χ0n) is 20.6. The Bertz CT molecular complexity index is 1510. The molecule has 38 heavy (non-hydrogen) atoms. The smallest absolute Gasteiger partial charge is 0.127 e. The molecule has 0 unspecified atom stereocenters. The summed E-state index contributed by atoms with van der Waals surface area (Å²) in [5, 5.41) is 0. The fraction of sp³-hybridized carbons (Fsp3) is 0. The zero-order valence-corrected chi connectivity index (χ0v) is 20.6. The molecule has 4 heteroatoms. The third-order valence-corrected chi connectivity index (χ3v) is 6.12. The summed E-state index contributed by atoms with van der Waals surface area (Å²) >= 11 is 0. The van der Waals surface area contributed by atoms with E-state index in [1.54, 1.807) is 0 Å². The van der Waals surface area contributed by atoms with Crippen LogP contribution in [0.3, 0.4) is 0 Å². The first-order chi connectivity index (χ1) is 18.8. The van der Waals surface area contributed by atoms with E-state index in [2.05, 4.69) is 46.4 Å². The molecule has 4 aromatic carbocycles. The molecule has 2 heterocycles. The monoisotopic (exact) mass is 492 g/mol. The maximum absolute atomic E-state index is 5.92. The van der Waals surface area contributed by atoms with Crippen LogP contribution >= 0.6 is 0 Å². The van der Waals surface area contributed by atoms with Gasteiger partial charge in [0, 0.05) is 12.4 Å². The fourth-order valence-electron chi connectivity index (χ4n) is 4.18. The second-order valence-corrected chi connectivity index (χ2v) is 8.74. The molecule has 0 saturated heterocycles. The van der Waals surface area contributed by atoms with E-state index in [0.717, 1.165) is 56.6 Å². The average molecular weight is 493 g/mol. The van der Waals surface area contributed by atoms with E-state index in [-0.39, 0.29) is 0 Å². The minimum atomic E-state index is 0.795. The Hall–Kier alpha value is -5.22. The van der Waals surface area contributed by atoms with Crippen molar-refractivity contribution in [1.82, 2.24) is 9.97 Å². The van der Waals surface area contributed by atoms with Crippen molar-refractivity contribution in [2.75, 3.05) is 0 Å². The summed E-state index contributed by atoms with van der Waals surface area (Å²) in [5.74, 6) is 3.22. The first kappa shape index (κ1) is 23.2. The summed E-state index contributed by atoms with van der Waals surface area (Å²) in [6.45, 7) is 0. The van der Waals surface area contributed by atoms with Crippen LogP contribution in [0, 0.1) is 0 Å². The molecular formula is C34H24N2O2. The van der Waals surface area contributed by atoms with E-state index >= 15 is 0 Å². The number of para-hydroxylation sites is 2. The number of rotatable bonds is 7. The highest BCUT2D eigenvalue weighted by Crippen LogP contribution is 2.30. The number of aromatic nitrogens is 2. The van der Waals surface area contributed by atoms with Crippen LogP contribution in [0.2, 0.25) is 0 Å². The van der Waals surface area contributed by atoms with Crippen LogP contribution in [0.1, 0.15) is 0 Å². The van der Waals surface area contributed by atoms with Gasteiger partial charge in [-0.05, 0) is 95.1 Å². The standard InChI is InChI=1S/C34H24N2O2/c1-3-7-29(8-4-1)37-31-15-11-25(12-16-31)27-19-21-35-33(23-27)34-24-28(20-22-36-34)26-13-17-32(18-14-26)38-30-9-5-2-6-10-30/h1-24H. The predicted octanol–water partition coefficient (Wildman–Crippen LogP) is 9.06. The van der Waals surface area contributed by atoms with Crippen LogP contribution in [0.5, 0.6) is 23.0 Å². The second-order valence-electron chi connectivity index (χ2n) is 8.74. The Morgan fingerprint density at radius 3 is 1.11 bits per heavy atom. The summed E-state index contributed by atoms with van der Waals surface area (Å²) in [7, 11) is 0. The van der Waals surface area contributed by atoms with Gasteiger partial charge in [0.05, 0.1) is 11.4 Å². The van der Waals surface area contributed by atoms with Gasteiger partial charge < -0.3 is 9.47 Å². The van der Waals surface area contributed by atoms with Gasteiger partial charge in [0.2, 0.25) is 0 Å². The molecule has 2 aromatic heterocycles. The van der Waals surface area contributed by atoms with E-state index in [0.29, 0.717) is 0 Å². The lowest BCUT2D eigenvalue weighted by molar-refractivity contribution is 0.482. The minimum Gasteiger partial charge on any atom is -0.457 e. The van der Waals surface area contributed by atoms with E-state index < -0.39 is 0 Å². The molecule has 0 amide bonds. The molecule has 0 atom stereocenters. The summed E-state index contributed by atoms with van der Waals surface area (Å²) in [4.78, 5) is 9.19. The lowest BCUT2D eigenvalue weighted by Gasteiger charge is -2.09. The Labute approximate surface area is 221 Å². The van der Waals surface area contributed by atoms with Crippen molar-refractivity contribution in [3.63, 3.8) is 0 Å². The molecule has 6 rings (SSSR count). The molecule has 0 saturated carbocycles. The molecule has 4 nitrogen and oxygen atoms in total.